The number of fused-ring (bicyclic) bond motifs is 1. The highest BCUT2D eigenvalue weighted by molar-refractivity contribution is 6.09. The number of benzene rings is 1. The predicted molar refractivity (Wildman–Crippen MR) is 118 cm³/mol. The maximum atomic E-state index is 13.1. The fourth-order valence-electron chi connectivity index (χ4n) is 3.97. The molecule has 30 heavy (non-hydrogen) atoms. The van der Waals surface area contributed by atoms with E-state index in [0.717, 1.165) is 36.8 Å². The zero-order valence-corrected chi connectivity index (χ0v) is 18.2. The zero-order chi connectivity index (χ0) is 21.7. The van der Waals surface area contributed by atoms with Gasteiger partial charge in [0.05, 0.1) is 19.0 Å². The minimum Gasteiger partial charge on any atom is -0.353 e. The van der Waals surface area contributed by atoms with Crippen LogP contribution >= 0.6 is 0 Å². The molecule has 6 nitrogen and oxygen atoms in total. The van der Waals surface area contributed by atoms with Crippen LogP contribution in [0.15, 0.2) is 30.5 Å². The first-order valence-corrected chi connectivity index (χ1v) is 10.9. The van der Waals surface area contributed by atoms with Gasteiger partial charge in [0, 0.05) is 41.2 Å². The maximum absolute atomic E-state index is 13.1. The van der Waals surface area contributed by atoms with Gasteiger partial charge < -0.3 is 9.88 Å². The number of amides is 1. The Kier molecular flexibility index (Phi) is 7.28. The van der Waals surface area contributed by atoms with Crippen molar-refractivity contribution in [3.8, 4) is 6.07 Å². The Morgan fingerprint density at radius 1 is 1.20 bits per heavy atom. The molecule has 1 amide bonds. The summed E-state index contributed by atoms with van der Waals surface area (Å²) >= 11 is 0. The topological polar surface area (TPSA) is 78.1 Å². The van der Waals surface area contributed by atoms with Crippen LogP contribution in [0, 0.1) is 23.2 Å². The standard InChI is InChI=1S/C24H32N4O2/c1-17(2)18(3)26-24(30)19-9-13-27(14-10-19)16-23(29)21-15-28(12-6-11-25)22-8-5-4-7-20(21)22/h4-5,7-8,15,17-19H,6,9-10,12-14,16H2,1-3H3,(H,26,30). The maximum Gasteiger partial charge on any atom is 0.223 e. The summed E-state index contributed by atoms with van der Waals surface area (Å²) in [7, 11) is 0. The van der Waals surface area contributed by atoms with Crippen LogP contribution in [0.5, 0.6) is 0 Å². The van der Waals surface area contributed by atoms with Crippen LogP contribution in [0.4, 0.5) is 0 Å². The molecule has 1 saturated heterocycles. The molecular weight excluding hydrogens is 376 g/mol. The van der Waals surface area contributed by atoms with E-state index in [0.29, 0.717) is 31.0 Å². The molecule has 0 saturated carbocycles. The number of piperidine rings is 1. The van der Waals surface area contributed by atoms with Crippen LogP contribution in [-0.2, 0) is 11.3 Å². The summed E-state index contributed by atoms with van der Waals surface area (Å²) in [6, 6.07) is 10.2. The third kappa shape index (κ3) is 5.09. The molecule has 1 aliphatic rings. The molecule has 1 atom stereocenters. The van der Waals surface area contributed by atoms with Crippen LogP contribution in [0.25, 0.3) is 10.9 Å². The summed E-state index contributed by atoms with van der Waals surface area (Å²) in [6.07, 6.45) is 3.87. The number of nitriles is 1. The average Bonchev–Trinajstić information content (AvgIpc) is 3.11. The van der Waals surface area contributed by atoms with Gasteiger partial charge in [-0.3, -0.25) is 14.5 Å². The van der Waals surface area contributed by atoms with E-state index in [1.54, 1.807) is 0 Å². The SMILES string of the molecule is CC(C)C(C)NC(=O)C1CCN(CC(=O)c2cn(CCC#N)c3ccccc23)CC1. The lowest BCUT2D eigenvalue weighted by molar-refractivity contribution is -0.127. The fourth-order valence-corrected chi connectivity index (χ4v) is 3.97. The number of Topliss-reactive ketones (excluding diaryl/α,β-unsaturated/α-hetero) is 1. The number of aromatic nitrogens is 1. The van der Waals surface area contributed by atoms with Crippen LogP contribution in [0.3, 0.4) is 0 Å². The lowest BCUT2D eigenvalue weighted by atomic mass is 9.94. The van der Waals surface area contributed by atoms with Crippen LogP contribution < -0.4 is 5.32 Å². The van der Waals surface area contributed by atoms with E-state index in [-0.39, 0.29) is 23.7 Å². The van der Waals surface area contributed by atoms with Gasteiger partial charge in [0.15, 0.2) is 5.78 Å². The van der Waals surface area contributed by atoms with Crippen molar-refractivity contribution in [2.75, 3.05) is 19.6 Å². The van der Waals surface area contributed by atoms with Crippen molar-refractivity contribution in [3.05, 3.63) is 36.0 Å². The van der Waals surface area contributed by atoms with E-state index < -0.39 is 0 Å². The highest BCUT2D eigenvalue weighted by atomic mass is 16.2. The van der Waals surface area contributed by atoms with E-state index >= 15 is 0 Å². The lowest BCUT2D eigenvalue weighted by Crippen LogP contribution is -2.45. The fraction of sp³-hybridized carbons (Fsp3) is 0.542. The van der Waals surface area contributed by atoms with E-state index in [1.807, 2.05) is 42.0 Å². The Labute approximate surface area is 178 Å². The quantitative estimate of drug-likeness (QED) is 0.677. The Bertz CT molecular complexity index is 932. The Hall–Kier alpha value is -2.65. The summed E-state index contributed by atoms with van der Waals surface area (Å²) in [5, 5.41) is 13.0. The van der Waals surface area contributed by atoms with Gasteiger partial charge in [-0.25, -0.2) is 0 Å². The van der Waals surface area contributed by atoms with Gasteiger partial charge >= 0.3 is 0 Å². The summed E-state index contributed by atoms with van der Waals surface area (Å²) in [5.74, 6) is 0.688. The molecule has 1 aromatic carbocycles. The molecule has 2 heterocycles. The molecule has 1 aromatic heterocycles. The van der Waals surface area contributed by atoms with Crippen LogP contribution in [0.2, 0.25) is 0 Å². The number of nitrogens with zero attached hydrogens (tertiary/aromatic N) is 3. The van der Waals surface area contributed by atoms with Crippen molar-refractivity contribution in [2.24, 2.45) is 11.8 Å². The first kappa shape index (κ1) is 22.0. The molecular formula is C24H32N4O2. The molecule has 0 radical (unpaired) electrons. The van der Waals surface area contributed by atoms with Gasteiger partial charge in [-0.15, -0.1) is 0 Å². The molecule has 0 aliphatic carbocycles. The van der Waals surface area contributed by atoms with E-state index in [9.17, 15) is 9.59 Å². The van der Waals surface area contributed by atoms with E-state index in [1.165, 1.54) is 0 Å². The molecule has 3 rings (SSSR count). The summed E-state index contributed by atoms with van der Waals surface area (Å²) in [5.41, 5.74) is 1.71. The molecule has 0 spiro atoms. The number of rotatable bonds is 8. The van der Waals surface area contributed by atoms with E-state index in [4.69, 9.17) is 5.26 Å². The van der Waals surface area contributed by atoms with Crippen molar-refractivity contribution in [1.29, 1.82) is 5.26 Å². The number of para-hydroxylation sites is 1. The van der Waals surface area contributed by atoms with E-state index in [2.05, 4.69) is 30.1 Å². The average molecular weight is 409 g/mol. The smallest absolute Gasteiger partial charge is 0.223 e. The molecule has 2 aromatic rings. The number of carbonyl (C=O) groups is 2. The minimum atomic E-state index is 0.0328. The number of aryl methyl sites for hydroxylation is 1. The monoisotopic (exact) mass is 408 g/mol. The molecule has 1 N–H and O–H groups in total. The highest BCUT2D eigenvalue weighted by Gasteiger charge is 2.27. The van der Waals surface area contributed by atoms with Crippen molar-refractivity contribution in [3.63, 3.8) is 0 Å². The zero-order valence-electron chi connectivity index (χ0n) is 18.2. The number of hydrogen-bond donors (Lipinski definition) is 1. The van der Waals surface area contributed by atoms with Crippen molar-refractivity contribution in [2.45, 2.75) is 52.6 Å². The normalized spacial score (nSPS) is 16.5. The summed E-state index contributed by atoms with van der Waals surface area (Å²) < 4.78 is 2.00. The number of likely N-dealkylation sites (tertiary alicyclic amines) is 1. The third-order valence-electron chi connectivity index (χ3n) is 6.25. The summed E-state index contributed by atoms with van der Waals surface area (Å²) in [6.45, 7) is 8.72. The number of hydrogen-bond acceptors (Lipinski definition) is 4. The molecule has 160 valence electrons. The number of nitrogens with one attached hydrogen (secondary N) is 1. The number of ketones is 1. The van der Waals surface area contributed by atoms with Gasteiger partial charge in [0.2, 0.25) is 5.91 Å². The van der Waals surface area contributed by atoms with Gasteiger partial charge in [0.25, 0.3) is 0 Å². The molecule has 1 unspecified atom stereocenters. The molecule has 1 aliphatic heterocycles. The first-order valence-electron chi connectivity index (χ1n) is 10.9. The Morgan fingerprint density at radius 2 is 1.90 bits per heavy atom. The minimum absolute atomic E-state index is 0.0328. The van der Waals surface area contributed by atoms with Gasteiger partial charge in [-0.1, -0.05) is 32.0 Å². The second-order valence-electron chi connectivity index (χ2n) is 8.68. The van der Waals surface area contributed by atoms with Gasteiger partial charge in [-0.2, -0.15) is 5.26 Å². The molecule has 6 heteroatoms. The largest absolute Gasteiger partial charge is 0.353 e. The van der Waals surface area contributed by atoms with Crippen LogP contribution in [0.1, 0.15) is 50.4 Å². The van der Waals surface area contributed by atoms with Crippen molar-refractivity contribution >= 4 is 22.6 Å². The highest BCUT2D eigenvalue weighted by Crippen LogP contribution is 2.24. The number of carbonyl (C=O) groups excluding carboxylic acids is 2. The summed E-state index contributed by atoms with van der Waals surface area (Å²) in [4.78, 5) is 27.7. The second-order valence-corrected chi connectivity index (χ2v) is 8.68. The Balaban J connectivity index is 1.60. The van der Waals surface area contributed by atoms with Crippen molar-refractivity contribution < 1.29 is 9.59 Å². The van der Waals surface area contributed by atoms with Gasteiger partial charge in [0.1, 0.15) is 0 Å². The van der Waals surface area contributed by atoms with Gasteiger partial charge in [-0.05, 0) is 44.8 Å². The lowest BCUT2D eigenvalue weighted by Gasteiger charge is -2.31. The predicted octanol–water partition coefficient (Wildman–Crippen LogP) is 3.61. The molecule has 1 fully saturated rings. The second kappa shape index (κ2) is 9.90. The van der Waals surface area contributed by atoms with Crippen LogP contribution in [-0.4, -0.2) is 46.8 Å². The Morgan fingerprint density at radius 3 is 2.57 bits per heavy atom. The first-order chi connectivity index (χ1) is 14.4. The molecule has 0 bridgehead atoms. The van der Waals surface area contributed by atoms with Crippen molar-refractivity contribution in [1.82, 2.24) is 14.8 Å². The third-order valence-corrected chi connectivity index (χ3v) is 6.25.